The van der Waals surface area contributed by atoms with E-state index in [-0.39, 0.29) is 6.04 Å². The van der Waals surface area contributed by atoms with Gasteiger partial charge in [-0.3, -0.25) is 9.80 Å². The zero-order valence-corrected chi connectivity index (χ0v) is 11.9. The Kier molecular flexibility index (Phi) is 4.87. The van der Waals surface area contributed by atoms with Crippen molar-refractivity contribution in [1.82, 2.24) is 19.9 Å². The molecule has 1 aliphatic heterocycles. The summed E-state index contributed by atoms with van der Waals surface area (Å²) in [7, 11) is 2.11. The van der Waals surface area contributed by atoms with Crippen LogP contribution in [0, 0.1) is 6.92 Å². The van der Waals surface area contributed by atoms with Crippen molar-refractivity contribution >= 4 is 0 Å². The smallest absolute Gasteiger partial charge is 0.245 e. The summed E-state index contributed by atoms with van der Waals surface area (Å²) in [6.07, 6.45) is 8.35. The van der Waals surface area contributed by atoms with Gasteiger partial charge in [-0.1, -0.05) is 29.5 Å². The Morgan fingerprint density at radius 1 is 1.37 bits per heavy atom. The highest BCUT2D eigenvalue weighted by atomic mass is 16.5. The van der Waals surface area contributed by atoms with E-state index in [1.165, 1.54) is 0 Å². The van der Waals surface area contributed by atoms with Gasteiger partial charge in [0, 0.05) is 26.2 Å². The van der Waals surface area contributed by atoms with E-state index in [0.717, 1.165) is 32.1 Å². The first-order chi connectivity index (χ1) is 9.20. The molecule has 1 saturated heterocycles. The van der Waals surface area contributed by atoms with Crippen molar-refractivity contribution in [1.29, 1.82) is 0 Å². The standard InChI is InChI=1S/C14H22N4O/c1-4-5-6-7-8-18-10-9-17(3)13(11-18)14-15-12(2)16-19-14/h4-7,13H,8-11H2,1-3H3/b5-4+,7-6+. The SMILES string of the molecule is C/C=C/C=C/CN1CCN(C)C(c2nc(C)no2)C1. The van der Waals surface area contributed by atoms with Gasteiger partial charge in [0.15, 0.2) is 5.82 Å². The van der Waals surface area contributed by atoms with Gasteiger partial charge < -0.3 is 4.52 Å². The highest BCUT2D eigenvalue weighted by Gasteiger charge is 2.29. The quantitative estimate of drug-likeness (QED) is 0.774. The first-order valence-corrected chi connectivity index (χ1v) is 6.71. The van der Waals surface area contributed by atoms with Gasteiger partial charge in [-0.15, -0.1) is 0 Å². The Balaban J connectivity index is 1.96. The molecule has 1 aliphatic rings. The van der Waals surface area contributed by atoms with Gasteiger partial charge >= 0.3 is 0 Å². The second-order valence-corrected chi connectivity index (χ2v) is 4.89. The lowest BCUT2D eigenvalue weighted by Crippen LogP contribution is -2.46. The molecule has 1 fully saturated rings. The second-order valence-electron chi connectivity index (χ2n) is 4.89. The van der Waals surface area contributed by atoms with Crippen LogP contribution in [-0.2, 0) is 0 Å². The molecule has 0 N–H and O–H groups in total. The number of piperazine rings is 1. The Hall–Kier alpha value is -1.46. The fourth-order valence-corrected chi connectivity index (χ4v) is 2.21. The number of rotatable bonds is 4. The molecule has 1 atom stereocenters. The van der Waals surface area contributed by atoms with Crippen molar-refractivity contribution in [2.45, 2.75) is 19.9 Å². The molecule has 0 spiro atoms. The minimum Gasteiger partial charge on any atom is -0.338 e. The van der Waals surface area contributed by atoms with Crippen LogP contribution < -0.4 is 0 Å². The van der Waals surface area contributed by atoms with E-state index >= 15 is 0 Å². The molecule has 0 aromatic carbocycles. The van der Waals surface area contributed by atoms with Crippen LogP contribution in [0.3, 0.4) is 0 Å². The number of aryl methyl sites for hydroxylation is 1. The van der Waals surface area contributed by atoms with E-state index in [9.17, 15) is 0 Å². The summed E-state index contributed by atoms with van der Waals surface area (Å²) in [4.78, 5) is 9.04. The third-order valence-electron chi connectivity index (χ3n) is 3.36. The minimum absolute atomic E-state index is 0.199. The molecule has 1 aromatic rings. The molecule has 1 aromatic heterocycles. The van der Waals surface area contributed by atoms with Crippen LogP contribution in [0.4, 0.5) is 0 Å². The third-order valence-corrected chi connectivity index (χ3v) is 3.36. The van der Waals surface area contributed by atoms with E-state index in [1.54, 1.807) is 0 Å². The molecular weight excluding hydrogens is 240 g/mol. The zero-order valence-electron chi connectivity index (χ0n) is 11.9. The molecule has 0 aliphatic carbocycles. The van der Waals surface area contributed by atoms with Crippen LogP contribution >= 0.6 is 0 Å². The molecule has 5 heteroatoms. The predicted octanol–water partition coefficient (Wildman–Crippen LogP) is 1.80. The summed E-state index contributed by atoms with van der Waals surface area (Å²) >= 11 is 0. The van der Waals surface area contributed by atoms with Crippen LogP contribution in [0.15, 0.2) is 28.8 Å². The van der Waals surface area contributed by atoms with E-state index in [1.807, 2.05) is 19.9 Å². The van der Waals surface area contributed by atoms with Gasteiger partial charge in [0.1, 0.15) is 6.04 Å². The fraction of sp³-hybridized carbons (Fsp3) is 0.571. The maximum atomic E-state index is 5.31. The molecule has 5 nitrogen and oxygen atoms in total. The molecule has 1 unspecified atom stereocenters. The minimum atomic E-state index is 0.199. The van der Waals surface area contributed by atoms with Crippen LogP contribution in [0.25, 0.3) is 0 Å². The number of allylic oxidation sites excluding steroid dienone is 3. The van der Waals surface area contributed by atoms with E-state index in [4.69, 9.17) is 4.52 Å². The van der Waals surface area contributed by atoms with Crippen molar-refractivity contribution in [2.75, 3.05) is 33.2 Å². The third kappa shape index (κ3) is 3.75. The predicted molar refractivity (Wildman–Crippen MR) is 74.8 cm³/mol. The number of hydrogen-bond donors (Lipinski definition) is 0. The number of nitrogens with zero attached hydrogens (tertiary/aromatic N) is 4. The summed E-state index contributed by atoms with van der Waals surface area (Å²) < 4.78 is 5.31. The molecule has 0 saturated carbocycles. The number of aromatic nitrogens is 2. The van der Waals surface area contributed by atoms with Crippen molar-refractivity contribution in [3.05, 3.63) is 36.0 Å². The molecule has 2 rings (SSSR count). The fourth-order valence-electron chi connectivity index (χ4n) is 2.21. The lowest BCUT2D eigenvalue weighted by molar-refractivity contribution is 0.0832. The van der Waals surface area contributed by atoms with Gasteiger partial charge in [-0.2, -0.15) is 4.98 Å². The number of hydrogen-bond acceptors (Lipinski definition) is 5. The van der Waals surface area contributed by atoms with Gasteiger partial charge in [-0.05, 0) is 20.9 Å². The first-order valence-electron chi connectivity index (χ1n) is 6.71. The second kappa shape index (κ2) is 6.63. The average Bonchev–Trinajstić information content (AvgIpc) is 2.83. The molecule has 2 heterocycles. The lowest BCUT2D eigenvalue weighted by atomic mass is 10.1. The molecule has 104 valence electrons. The zero-order chi connectivity index (χ0) is 13.7. The van der Waals surface area contributed by atoms with E-state index in [0.29, 0.717) is 5.82 Å². The van der Waals surface area contributed by atoms with Crippen molar-refractivity contribution in [2.24, 2.45) is 0 Å². The highest BCUT2D eigenvalue weighted by molar-refractivity contribution is 5.03. The molecular formula is C14H22N4O. The molecule has 0 radical (unpaired) electrons. The maximum absolute atomic E-state index is 5.31. The van der Waals surface area contributed by atoms with Gasteiger partial charge in [0.25, 0.3) is 0 Å². The highest BCUT2D eigenvalue weighted by Crippen LogP contribution is 2.22. The number of likely N-dealkylation sites (N-methyl/N-ethyl adjacent to an activating group) is 1. The summed E-state index contributed by atoms with van der Waals surface area (Å²) in [5.74, 6) is 1.43. The summed E-state index contributed by atoms with van der Waals surface area (Å²) in [5, 5.41) is 3.88. The topological polar surface area (TPSA) is 45.4 Å². The van der Waals surface area contributed by atoms with E-state index in [2.05, 4.69) is 45.2 Å². The van der Waals surface area contributed by atoms with Crippen molar-refractivity contribution in [3.8, 4) is 0 Å². The monoisotopic (exact) mass is 262 g/mol. The Morgan fingerprint density at radius 2 is 2.21 bits per heavy atom. The van der Waals surface area contributed by atoms with Gasteiger partial charge in [-0.25, -0.2) is 0 Å². The van der Waals surface area contributed by atoms with Gasteiger partial charge in [0.2, 0.25) is 5.89 Å². The van der Waals surface area contributed by atoms with Crippen molar-refractivity contribution in [3.63, 3.8) is 0 Å². The first kappa shape index (κ1) is 14.0. The van der Waals surface area contributed by atoms with Crippen LogP contribution in [0.5, 0.6) is 0 Å². The largest absolute Gasteiger partial charge is 0.338 e. The molecule has 0 bridgehead atoms. The maximum Gasteiger partial charge on any atom is 0.245 e. The molecule has 0 amide bonds. The normalized spacial score (nSPS) is 22.8. The van der Waals surface area contributed by atoms with Crippen LogP contribution in [-0.4, -0.2) is 53.2 Å². The Bertz CT molecular complexity index is 452. The van der Waals surface area contributed by atoms with Gasteiger partial charge in [0.05, 0.1) is 0 Å². The van der Waals surface area contributed by atoms with Crippen LogP contribution in [0.1, 0.15) is 24.7 Å². The Morgan fingerprint density at radius 3 is 2.89 bits per heavy atom. The summed E-state index contributed by atoms with van der Waals surface area (Å²) in [5.41, 5.74) is 0. The summed E-state index contributed by atoms with van der Waals surface area (Å²) in [6.45, 7) is 7.85. The van der Waals surface area contributed by atoms with Crippen molar-refractivity contribution < 1.29 is 4.52 Å². The Labute approximate surface area is 114 Å². The van der Waals surface area contributed by atoms with Crippen LogP contribution in [0.2, 0.25) is 0 Å². The summed E-state index contributed by atoms with van der Waals surface area (Å²) in [6, 6.07) is 0.199. The lowest BCUT2D eigenvalue weighted by Gasteiger charge is -2.37. The van der Waals surface area contributed by atoms with E-state index < -0.39 is 0 Å². The average molecular weight is 262 g/mol. The molecule has 19 heavy (non-hydrogen) atoms.